The molecule has 1 aliphatic rings. The predicted octanol–water partition coefficient (Wildman–Crippen LogP) is 2.72. The highest BCUT2D eigenvalue weighted by atomic mass is 32.1. The third-order valence-electron chi connectivity index (χ3n) is 3.08. The summed E-state index contributed by atoms with van der Waals surface area (Å²) in [6.45, 7) is 3.80. The van der Waals surface area contributed by atoms with Crippen LogP contribution in [0.4, 0.5) is 18.0 Å². The first kappa shape index (κ1) is 15.7. The number of aromatic nitrogens is 1. The predicted molar refractivity (Wildman–Crippen MR) is 69.5 cm³/mol. The molecule has 1 fully saturated rings. The molecule has 9 heteroatoms. The average Bonchev–Trinajstić information content (AvgIpc) is 2.82. The number of amides is 3. The van der Waals surface area contributed by atoms with E-state index in [-0.39, 0.29) is 29.8 Å². The molecule has 21 heavy (non-hydrogen) atoms. The molecule has 0 atom stereocenters. The second kappa shape index (κ2) is 5.63. The zero-order valence-electron chi connectivity index (χ0n) is 11.5. The fraction of sp³-hybridized carbons (Fsp3) is 0.583. The highest BCUT2D eigenvalue weighted by Crippen LogP contribution is 2.33. The van der Waals surface area contributed by atoms with Crippen molar-refractivity contribution in [1.82, 2.24) is 14.8 Å². The number of halogens is 3. The fourth-order valence-electron chi connectivity index (χ4n) is 2.01. The van der Waals surface area contributed by atoms with Crippen LogP contribution in [0.5, 0.6) is 0 Å². The number of carbonyl (C=O) groups excluding carboxylic acids is 2. The minimum Gasteiger partial charge on any atom is -0.321 e. The van der Waals surface area contributed by atoms with Gasteiger partial charge in [-0.15, -0.1) is 11.3 Å². The van der Waals surface area contributed by atoms with E-state index in [0.717, 1.165) is 11.1 Å². The molecule has 1 aliphatic heterocycles. The lowest BCUT2D eigenvalue weighted by Crippen LogP contribution is -2.53. The van der Waals surface area contributed by atoms with Gasteiger partial charge in [-0.05, 0) is 13.8 Å². The van der Waals surface area contributed by atoms with E-state index in [1.165, 1.54) is 4.90 Å². The van der Waals surface area contributed by atoms with Crippen LogP contribution in [0.25, 0.3) is 0 Å². The summed E-state index contributed by atoms with van der Waals surface area (Å²) in [6, 6.07) is -0.538. The monoisotopic (exact) mass is 321 g/mol. The van der Waals surface area contributed by atoms with Crippen molar-refractivity contribution in [3.8, 4) is 0 Å². The number of hydrogen-bond donors (Lipinski definition) is 0. The van der Waals surface area contributed by atoms with Crippen LogP contribution in [0, 0.1) is 0 Å². The van der Waals surface area contributed by atoms with E-state index in [0.29, 0.717) is 17.9 Å². The molecule has 0 aromatic carbocycles. The summed E-state index contributed by atoms with van der Waals surface area (Å²) in [5.74, 6) is -0.376. The average molecular weight is 321 g/mol. The van der Waals surface area contributed by atoms with Crippen molar-refractivity contribution in [2.45, 2.75) is 39.0 Å². The third-order valence-corrected chi connectivity index (χ3v) is 4.10. The van der Waals surface area contributed by atoms with Crippen LogP contribution < -0.4 is 0 Å². The van der Waals surface area contributed by atoms with Gasteiger partial charge < -0.3 is 4.90 Å². The highest BCUT2D eigenvalue weighted by molar-refractivity contribution is 7.11. The number of alkyl halides is 3. The van der Waals surface area contributed by atoms with Crippen LogP contribution in [0.1, 0.15) is 30.2 Å². The molecule has 5 nitrogen and oxygen atoms in total. The van der Waals surface area contributed by atoms with Crippen LogP contribution in [0.3, 0.4) is 0 Å². The number of nitrogens with zero attached hydrogens (tertiary/aromatic N) is 3. The van der Waals surface area contributed by atoms with Crippen LogP contribution in [0.15, 0.2) is 6.20 Å². The Morgan fingerprint density at radius 1 is 1.38 bits per heavy atom. The lowest BCUT2D eigenvalue weighted by molar-refractivity contribution is -0.137. The summed E-state index contributed by atoms with van der Waals surface area (Å²) in [6.07, 6.45) is -3.28. The van der Waals surface area contributed by atoms with Crippen LogP contribution in [-0.4, -0.2) is 39.3 Å². The van der Waals surface area contributed by atoms with Gasteiger partial charge in [0.1, 0.15) is 0 Å². The van der Waals surface area contributed by atoms with Gasteiger partial charge in [0.25, 0.3) is 0 Å². The Morgan fingerprint density at radius 2 is 2.05 bits per heavy atom. The fourth-order valence-corrected chi connectivity index (χ4v) is 2.78. The van der Waals surface area contributed by atoms with Crippen molar-refractivity contribution < 1.29 is 22.8 Å². The van der Waals surface area contributed by atoms with E-state index >= 15 is 0 Å². The molecule has 0 radical (unpaired) electrons. The van der Waals surface area contributed by atoms with Gasteiger partial charge in [-0.2, -0.15) is 13.2 Å². The smallest absolute Gasteiger partial charge is 0.321 e. The van der Waals surface area contributed by atoms with Gasteiger partial charge in [0, 0.05) is 30.1 Å². The van der Waals surface area contributed by atoms with E-state index in [9.17, 15) is 22.8 Å². The van der Waals surface area contributed by atoms with E-state index in [4.69, 9.17) is 0 Å². The van der Waals surface area contributed by atoms with Gasteiger partial charge in [0.05, 0.1) is 6.54 Å². The molecule has 0 bridgehead atoms. The molecule has 1 aromatic rings. The lowest BCUT2D eigenvalue weighted by Gasteiger charge is -2.36. The molecule has 2 heterocycles. The van der Waals surface area contributed by atoms with E-state index < -0.39 is 17.2 Å². The maximum atomic E-state index is 12.5. The van der Waals surface area contributed by atoms with Gasteiger partial charge in [0.2, 0.25) is 5.91 Å². The molecule has 0 unspecified atom stereocenters. The second-order valence-electron chi connectivity index (χ2n) is 4.93. The Balaban J connectivity index is 2.15. The van der Waals surface area contributed by atoms with Crippen molar-refractivity contribution in [3.05, 3.63) is 16.1 Å². The molecule has 0 spiro atoms. The van der Waals surface area contributed by atoms with Gasteiger partial charge in [-0.1, -0.05) is 0 Å². The largest absolute Gasteiger partial charge is 0.443 e. The van der Waals surface area contributed by atoms with Crippen LogP contribution in [-0.2, 0) is 17.5 Å². The number of rotatable bonds is 3. The number of thiazole rings is 1. The Labute approximate surface area is 123 Å². The summed E-state index contributed by atoms with van der Waals surface area (Å²) < 4.78 is 37.5. The zero-order chi connectivity index (χ0) is 15.8. The minimum atomic E-state index is -4.51. The zero-order valence-corrected chi connectivity index (χ0v) is 12.3. The van der Waals surface area contributed by atoms with Crippen LogP contribution in [0.2, 0.25) is 0 Å². The van der Waals surface area contributed by atoms with E-state index in [1.807, 2.05) is 13.8 Å². The SMILES string of the molecule is CC(C)N1CCC(=O)N(Cc2cnc(C(F)(F)F)s2)C1=O. The van der Waals surface area contributed by atoms with Crippen LogP contribution >= 0.6 is 11.3 Å². The van der Waals surface area contributed by atoms with Gasteiger partial charge in [0.15, 0.2) is 5.01 Å². The summed E-state index contributed by atoms with van der Waals surface area (Å²) >= 11 is 0.446. The maximum Gasteiger partial charge on any atom is 0.443 e. The third kappa shape index (κ3) is 3.34. The number of carbonyl (C=O) groups is 2. The minimum absolute atomic E-state index is 0.0692. The van der Waals surface area contributed by atoms with E-state index in [1.54, 1.807) is 0 Å². The molecular formula is C12H14F3N3O2S. The molecule has 1 aromatic heterocycles. The Bertz CT molecular complexity index is 556. The van der Waals surface area contributed by atoms with Crippen molar-refractivity contribution in [3.63, 3.8) is 0 Å². The Kier molecular flexibility index (Phi) is 4.22. The van der Waals surface area contributed by atoms with Crippen molar-refractivity contribution in [1.29, 1.82) is 0 Å². The quantitative estimate of drug-likeness (QED) is 0.860. The first-order valence-corrected chi connectivity index (χ1v) is 7.14. The number of hydrogen-bond acceptors (Lipinski definition) is 4. The summed E-state index contributed by atoms with van der Waals surface area (Å²) in [5, 5.41) is -0.977. The molecule has 0 saturated carbocycles. The first-order chi connectivity index (χ1) is 9.70. The molecule has 1 saturated heterocycles. The normalized spacial score (nSPS) is 17.0. The standard InChI is InChI=1S/C12H14F3N3O2S/c1-7(2)17-4-3-9(19)18(11(17)20)6-8-5-16-10(21-8)12(13,14)15/h5,7H,3-4,6H2,1-2H3. The summed E-state index contributed by atoms with van der Waals surface area (Å²) in [5.41, 5.74) is 0. The number of urea groups is 1. The molecular weight excluding hydrogens is 307 g/mol. The van der Waals surface area contributed by atoms with Gasteiger partial charge in [-0.25, -0.2) is 9.78 Å². The molecule has 0 N–H and O–H groups in total. The van der Waals surface area contributed by atoms with Crippen molar-refractivity contribution >= 4 is 23.3 Å². The van der Waals surface area contributed by atoms with Gasteiger partial charge in [-0.3, -0.25) is 9.69 Å². The topological polar surface area (TPSA) is 53.5 Å². The summed E-state index contributed by atoms with van der Waals surface area (Å²) in [7, 11) is 0. The molecule has 116 valence electrons. The van der Waals surface area contributed by atoms with Crippen molar-refractivity contribution in [2.24, 2.45) is 0 Å². The second-order valence-corrected chi connectivity index (χ2v) is 6.04. The van der Waals surface area contributed by atoms with Gasteiger partial charge >= 0.3 is 12.2 Å². The Morgan fingerprint density at radius 3 is 2.57 bits per heavy atom. The molecule has 0 aliphatic carbocycles. The van der Waals surface area contributed by atoms with E-state index in [2.05, 4.69) is 4.98 Å². The molecule has 2 rings (SSSR count). The first-order valence-electron chi connectivity index (χ1n) is 6.33. The lowest BCUT2D eigenvalue weighted by atomic mass is 10.2. The maximum absolute atomic E-state index is 12.5. The van der Waals surface area contributed by atoms with Crippen molar-refractivity contribution in [2.75, 3.05) is 6.54 Å². The molecule has 3 amide bonds. The number of imide groups is 1. The Hall–Kier alpha value is -1.64. The summed E-state index contributed by atoms with van der Waals surface area (Å²) in [4.78, 5) is 30.0. The highest BCUT2D eigenvalue weighted by Gasteiger charge is 2.36.